The minimum atomic E-state index is -0.107. The molecule has 3 heteroatoms. The number of hydrogen-bond donors (Lipinski definition) is 0. The topological polar surface area (TPSA) is 9.72 Å². The predicted octanol–water partition coefficient (Wildman–Crippen LogP) is 17.5. The van der Waals surface area contributed by atoms with Gasteiger partial charge in [0.1, 0.15) is 0 Å². The van der Waals surface area contributed by atoms with E-state index in [4.69, 9.17) is 0 Å². The molecule has 320 valence electrons. The van der Waals surface area contributed by atoms with Gasteiger partial charge in [-0.25, -0.2) is 0 Å². The average Bonchev–Trinajstić information content (AvgIpc) is 3.61. The van der Waals surface area contributed by atoms with Crippen LogP contribution in [0.1, 0.15) is 48.1 Å². The van der Waals surface area contributed by atoms with Gasteiger partial charge < -0.3 is 14.7 Å². The fourth-order valence-corrected chi connectivity index (χ4v) is 11.3. The van der Waals surface area contributed by atoms with Gasteiger partial charge in [-0.2, -0.15) is 0 Å². The molecule has 0 atom stereocenters. The van der Waals surface area contributed by atoms with Gasteiger partial charge in [0.15, 0.2) is 0 Å². The molecular weight excluding hydrogens is 811 g/mol. The Hall–Kier alpha value is -8.14. The van der Waals surface area contributed by atoms with Crippen LogP contribution in [0.5, 0.6) is 0 Å². The summed E-state index contributed by atoms with van der Waals surface area (Å²) < 4.78 is 0. The van der Waals surface area contributed by atoms with Crippen molar-refractivity contribution in [2.75, 3.05) is 21.2 Å². The van der Waals surface area contributed by atoms with Crippen LogP contribution in [0.3, 0.4) is 0 Å². The van der Waals surface area contributed by atoms with Crippen LogP contribution in [-0.2, 0) is 11.8 Å². The van der Waals surface area contributed by atoms with Crippen LogP contribution in [0.4, 0.5) is 45.5 Å². The summed E-state index contributed by atoms with van der Waals surface area (Å²) in [7, 11) is 0. The van der Waals surface area contributed by atoms with Crippen LogP contribution in [0.2, 0.25) is 0 Å². The zero-order chi connectivity index (χ0) is 44.6. The Balaban J connectivity index is 0.798. The lowest BCUT2D eigenvalue weighted by atomic mass is 9.81. The van der Waals surface area contributed by atoms with Gasteiger partial charge in [0.2, 0.25) is 0 Å². The van der Waals surface area contributed by atoms with Crippen molar-refractivity contribution in [2.24, 2.45) is 0 Å². The smallest absolute Gasteiger partial charge is 0.0703 e. The third-order valence-electron chi connectivity index (χ3n) is 14.7. The van der Waals surface area contributed by atoms with Gasteiger partial charge in [0.05, 0.1) is 22.7 Å². The molecule has 1 aliphatic carbocycles. The number of para-hydroxylation sites is 6. The highest BCUT2D eigenvalue weighted by atomic mass is 15.3. The summed E-state index contributed by atoms with van der Waals surface area (Å²) in [5, 5.41) is 4.93. The van der Waals surface area contributed by atoms with Gasteiger partial charge in [-0.1, -0.05) is 166 Å². The second kappa shape index (κ2) is 15.5. The van der Waals surface area contributed by atoms with Crippen molar-refractivity contribution in [3.8, 4) is 22.3 Å². The second-order valence-corrected chi connectivity index (χ2v) is 18.9. The Morgan fingerprint density at radius 3 is 1.76 bits per heavy atom. The summed E-state index contributed by atoms with van der Waals surface area (Å²) in [5.41, 5.74) is 21.3. The van der Waals surface area contributed by atoms with Gasteiger partial charge in [-0.05, 0) is 157 Å². The summed E-state index contributed by atoms with van der Waals surface area (Å²) in [6.45, 7) is 5.84. The number of benzene rings is 10. The third-order valence-corrected chi connectivity index (χ3v) is 14.7. The molecule has 10 aromatic rings. The molecule has 0 bridgehead atoms. The van der Waals surface area contributed by atoms with Crippen molar-refractivity contribution in [3.05, 3.63) is 240 Å². The molecule has 0 saturated carbocycles. The molecule has 10 aromatic carbocycles. The largest absolute Gasteiger partial charge is 0.341 e. The molecule has 2 aliphatic heterocycles. The maximum atomic E-state index is 2.52. The van der Waals surface area contributed by atoms with E-state index in [9.17, 15) is 0 Å². The van der Waals surface area contributed by atoms with Crippen molar-refractivity contribution in [1.29, 1.82) is 0 Å². The third kappa shape index (κ3) is 6.41. The van der Waals surface area contributed by atoms with Gasteiger partial charge in [-0.15, -0.1) is 0 Å². The quantitative estimate of drug-likeness (QED) is 0.154. The second-order valence-electron chi connectivity index (χ2n) is 18.9. The molecule has 0 unspecified atom stereocenters. The molecule has 0 radical (unpaired) electrons. The van der Waals surface area contributed by atoms with Gasteiger partial charge in [-0.3, -0.25) is 0 Å². The molecular formula is C64H49N3. The van der Waals surface area contributed by atoms with Crippen LogP contribution in [-0.4, -0.2) is 6.54 Å². The van der Waals surface area contributed by atoms with Crippen LogP contribution in [0.15, 0.2) is 212 Å². The van der Waals surface area contributed by atoms with Crippen LogP contribution < -0.4 is 14.7 Å². The minimum Gasteiger partial charge on any atom is -0.341 e. The molecule has 0 saturated heterocycles. The maximum absolute atomic E-state index is 2.52. The standard InChI is InChI=1S/C64H49N3/c1-64(2)57-39-43(27-35-55(57)56-37-34-50(42-58(56)64)65-38-14-16-45-15-6-9-21-59(45)65)26-28-44-32-36-53(54-20-8-7-19-52(44)54)48-30-29-47-41-51(33-31-46(47)40-48)67-62-24-12-10-22-60(62)66(49-17-4-3-5-18-49)61-23-11-13-25-63(61)67/h3-13,15,17-37,39-42H,14,16,38H2,1-2H3. The fraction of sp³-hybridized carbons (Fsp3) is 0.0938. The first-order valence-corrected chi connectivity index (χ1v) is 23.7. The molecule has 2 heterocycles. The van der Waals surface area contributed by atoms with Crippen molar-refractivity contribution in [1.82, 2.24) is 0 Å². The number of rotatable bonds is 6. The Labute approximate surface area is 393 Å². The molecule has 13 rings (SSSR count). The highest BCUT2D eigenvalue weighted by Gasteiger charge is 2.36. The van der Waals surface area contributed by atoms with E-state index in [1.54, 1.807) is 0 Å². The van der Waals surface area contributed by atoms with E-state index in [-0.39, 0.29) is 5.41 Å². The molecule has 0 aromatic heterocycles. The first kappa shape index (κ1) is 39.2. The summed E-state index contributed by atoms with van der Waals surface area (Å²) in [4.78, 5) is 7.30. The molecule has 0 spiro atoms. The maximum Gasteiger partial charge on any atom is 0.0703 e. The predicted molar refractivity (Wildman–Crippen MR) is 285 cm³/mol. The number of hydrogen-bond acceptors (Lipinski definition) is 3. The SMILES string of the molecule is CC1(C)c2cc(C=Cc3ccc(-c4ccc5cc(N6c7ccccc7N(c7ccccc7)c7ccccc76)ccc5c4)c4ccccc34)ccc2-c2ccc(N3CCCc4ccccc43)cc21. The Morgan fingerprint density at radius 1 is 0.418 bits per heavy atom. The lowest BCUT2D eigenvalue weighted by Crippen LogP contribution is -2.25. The van der Waals surface area contributed by atoms with Crippen molar-refractivity contribution in [2.45, 2.75) is 32.1 Å². The minimum absolute atomic E-state index is 0.107. The number of aryl methyl sites for hydroxylation is 1. The van der Waals surface area contributed by atoms with Crippen LogP contribution >= 0.6 is 0 Å². The molecule has 0 N–H and O–H groups in total. The highest BCUT2D eigenvalue weighted by Crippen LogP contribution is 2.55. The first-order chi connectivity index (χ1) is 33.0. The average molecular weight is 860 g/mol. The Bertz CT molecular complexity index is 3570. The van der Waals surface area contributed by atoms with Crippen LogP contribution in [0.25, 0.3) is 56.0 Å². The van der Waals surface area contributed by atoms with E-state index in [0.717, 1.165) is 47.1 Å². The first-order valence-electron chi connectivity index (χ1n) is 23.7. The van der Waals surface area contributed by atoms with E-state index in [1.165, 1.54) is 89.4 Å². The zero-order valence-electron chi connectivity index (χ0n) is 37.8. The Kier molecular flexibility index (Phi) is 9.08. The molecule has 67 heavy (non-hydrogen) atoms. The number of anilines is 8. The fourth-order valence-electron chi connectivity index (χ4n) is 11.3. The number of nitrogens with zero attached hydrogens (tertiary/aromatic N) is 3. The van der Waals surface area contributed by atoms with E-state index < -0.39 is 0 Å². The summed E-state index contributed by atoms with van der Waals surface area (Å²) >= 11 is 0. The van der Waals surface area contributed by atoms with Crippen molar-refractivity contribution in [3.63, 3.8) is 0 Å². The normalized spacial score (nSPS) is 14.5. The summed E-state index contributed by atoms with van der Waals surface area (Å²) in [6.07, 6.45) is 6.92. The zero-order valence-corrected chi connectivity index (χ0v) is 37.8. The van der Waals surface area contributed by atoms with E-state index in [1.807, 2.05) is 0 Å². The van der Waals surface area contributed by atoms with Crippen molar-refractivity contribution >= 4 is 79.2 Å². The molecule has 0 fully saturated rings. The van der Waals surface area contributed by atoms with Crippen LogP contribution in [0, 0.1) is 0 Å². The van der Waals surface area contributed by atoms with Crippen molar-refractivity contribution < 1.29 is 0 Å². The van der Waals surface area contributed by atoms with E-state index in [2.05, 4.69) is 253 Å². The molecule has 3 nitrogen and oxygen atoms in total. The number of fused-ring (bicyclic) bond motifs is 8. The summed E-state index contributed by atoms with van der Waals surface area (Å²) in [6, 6.07) is 78.5. The van der Waals surface area contributed by atoms with E-state index >= 15 is 0 Å². The Morgan fingerprint density at radius 2 is 1.00 bits per heavy atom. The highest BCUT2D eigenvalue weighted by molar-refractivity contribution is 6.05. The lowest BCUT2D eigenvalue weighted by Gasteiger charge is -2.40. The van der Waals surface area contributed by atoms with Gasteiger partial charge in [0, 0.05) is 34.7 Å². The molecule has 3 aliphatic rings. The lowest BCUT2D eigenvalue weighted by molar-refractivity contribution is 0.659. The van der Waals surface area contributed by atoms with Gasteiger partial charge in [0.25, 0.3) is 0 Å². The summed E-state index contributed by atoms with van der Waals surface area (Å²) in [5.74, 6) is 0. The monoisotopic (exact) mass is 859 g/mol. The van der Waals surface area contributed by atoms with Gasteiger partial charge >= 0.3 is 0 Å². The molecule has 0 amide bonds. The van der Waals surface area contributed by atoms with E-state index in [0.29, 0.717) is 0 Å².